The maximum Gasteiger partial charge on any atom is 0.408 e. The molecule has 0 saturated heterocycles. The molecular formula is C17H15NO3S. The van der Waals surface area contributed by atoms with E-state index in [2.05, 4.69) is 5.32 Å². The Bertz CT molecular complexity index is 687. The van der Waals surface area contributed by atoms with Crippen LogP contribution in [0.5, 0.6) is 0 Å². The maximum atomic E-state index is 12.3. The first-order chi connectivity index (χ1) is 10.7. The molecule has 0 bridgehead atoms. The van der Waals surface area contributed by atoms with Crippen LogP contribution in [-0.4, -0.2) is 23.7 Å². The second-order valence-electron chi connectivity index (χ2n) is 4.93. The minimum atomic E-state index is -0.567. The summed E-state index contributed by atoms with van der Waals surface area (Å²) < 4.78 is 5.16. The van der Waals surface area contributed by atoms with E-state index in [0.717, 1.165) is 10.5 Å². The average Bonchev–Trinajstić information content (AvgIpc) is 2.57. The summed E-state index contributed by atoms with van der Waals surface area (Å²) in [5, 5.41) is 2.65. The molecule has 2 aromatic carbocycles. The quantitative estimate of drug-likeness (QED) is 0.945. The van der Waals surface area contributed by atoms with Crippen LogP contribution >= 0.6 is 11.8 Å². The second kappa shape index (κ2) is 6.66. The Hall–Kier alpha value is -2.27. The van der Waals surface area contributed by atoms with E-state index < -0.39 is 12.1 Å². The lowest BCUT2D eigenvalue weighted by Crippen LogP contribution is -2.44. The minimum Gasteiger partial charge on any atom is -0.445 e. The Morgan fingerprint density at radius 1 is 1.14 bits per heavy atom. The van der Waals surface area contributed by atoms with Gasteiger partial charge in [-0.05, 0) is 11.6 Å². The molecule has 0 aromatic heterocycles. The van der Waals surface area contributed by atoms with Crippen molar-refractivity contribution in [3.8, 4) is 0 Å². The van der Waals surface area contributed by atoms with Crippen LogP contribution in [-0.2, 0) is 11.3 Å². The topological polar surface area (TPSA) is 55.4 Å². The molecule has 112 valence electrons. The molecule has 0 radical (unpaired) electrons. The van der Waals surface area contributed by atoms with Gasteiger partial charge in [0, 0.05) is 16.2 Å². The summed E-state index contributed by atoms with van der Waals surface area (Å²) >= 11 is 1.57. The number of fused-ring (bicyclic) bond motifs is 1. The Morgan fingerprint density at radius 3 is 2.68 bits per heavy atom. The molecule has 1 aliphatic rings. The molecule has 0 spiro atoms. The fourth-order valence-corrected chi connectivity index (χ4v) is 3.33. The Morgan fingerprint density at radius 2 is 1.86 bits per heavy atom. The van der Waals surface area contributed by atoms with Gasteiger partial charge in [0.2, 0.25) is 0 Å². The van der Waals surface area contributed by atoms with Crippen molar-refractivity contribution < 1.29 is 14.3 Å². The largest absolute Gasteiger partial charge is 0.445 e. The first kappa shape index (κ1) is 14.7. The number of carbonyl (C=O) groups is 2. The highest BCUT2D eigenvalue weighted by molar-refractivity contribution is 7.99. The molecule has 1 atom stereocenters. The van der Waals surface area contributed by atoms with Crippen molar-refractivity contribution >= 4 is 23.6 Å². The van der Waals surface area contributed by atoms with Gasteiger partial charge >= 0.3 is 6.09 Å². The zero-order chi connectivity index (χ0) is 15.4. The van der Waals surface area contributed by atoms with Crippen molar-refractivity contribution in [3.05, 3.63) is 65.7 Å². The predicted molar refractivity (Wildman–Crippen MR) is 85.0 cm³/mol. The number of hydrogen-bond donors (Lipinski definition) is 1. The number of ketones is 1. The number of amides is 1. The number of alkyl carbamates (subject to hydrolysis) is 1. The van der Waals surface area contributed by atoms with E-state index in [1.165, 1.54) is 0 Å². The molecule has 1 heterocycles. The summed E-state index contributed by atoms with van der Waals surface area (Å²) in [6.07, 6.45) is -0.567. The van der Waals surface area contributed by atoms with Crippen LogP contribution in [0, 0.1) is 0 Å². The van der Waals surface area contributed by atoms with E-state index in [-0.39, 0.29) is 12.4 Å². The van der Waals surface area contributed by atoms with E-state index in [9.17, 15) is 9.59 Å². The lowest BCUT2D eigenvalue weighted by Gasteiger charge is -2.23. The van der Waals surface area contributed by atoms with Crippen LogP contribution in [0.25, 0.3) is 0 Å². The van der Waals surface area contributed by atoms with Crippen molar-refractivity contribution in [1.29, 1.82) is 0 Å². The molecular weight excluding hydrogens is 298 g/mol. The van der Waals surface area contributed by atoms with Gasteiger partial charge in [0.25, 0.3) is 0 Å². The van der Waals surface area contributed by atoms with Crippen LogP contribution < -0.4 is 5.32 Å². The zero-order valence-corrected chi connectivity index (χ0v) is 12.6. The lowest BCUT2D eigenvalue weighted by atomic mass is 10.1. The number of carbonyl (C=O) groups excluding carboxylic acids is 2. The van der Waals surface area contributed by atoms with Gasteiger partial charge in [0.1, 0.15) is 12.6 Å². The van der Waals surface area contributed by atoms with Crippen molar-refractivity contribution in [1.82, 2.24) is 5.32 Å². The third-order valence-corrected chi connectivity index (χ3v) is 4.55. The summed E-state index contributed by atoms with van der Waals surface area (Å²) in [6.45, 7) is 0.192. The highest BCUT2D eigenvalue weighted by Crippen LogP contribution is 2.29. The SMILES string of the molecule is O=C(NC1CSc2ccccc2C1=O)OCc1ccccc1. The van der Waals surface area contributed by atoms with Crippen LogP contribution in [0.4, 0.5) is 4.79 Å². The highest BCUT2D eigenvalue weighted by Gasteiger charge is 2.29. The van der Waals surface area contributed by atoms with Gasteiger partial charge in [0.15, 0.2) is 5.78 Å². The number of nitrogens with one attached hydrogen (secondary N) is 1. The van der Waals surface area contributed by atoms with Crippen LogP contribution in [0.1, 0.15) is 15.9 Å². The number of benzene rings is 2. The van der Waals surface area contributed by atoms with Gasteiger partial charge in [-0.25, -0.2) is 4.79 Å². The maximum absolute atomic E-state index is 12.3. The molecule has 22 heavy (non-hydrogen) atoms. The Kier molecular flexibility index (Phi) is 4.44. The third kappa shape index (κ3) is 3.31. The van der Waals surface area contributed by atoms with Crippen LogP contribution in [0.3, 0.4) is 0 Å². The van der Waals surface area contributed by atoms with Gasteiger partial charge in [-0.1, -0.05) is 48.5 Å². The first-order valence-corrected chi connectivity index (χ1v) is 7.96. The van der Waals surface area contributed by atoms with E-state index in [4.69, 9.17) is 4.74 Å². The van der Waals surface area contributed by atoms with Crippen molar-refractivity contribution in [2.45, 2.75) is 17.5 Å². The smallest absolute Gasteiger partial charge is 0.408 e. The van der Waals surface area contributed by atoms with Crippen LogP contribution in [0.2, 0.25) is 0 Å². The zero-order valence-electron chi connectivity index (χ0n) is 11.8. The average molecular weight is 313 g/mol. The molecule has 1 aliphatic heterocycles. The number of thioether (sulfide) groups is 1. The summed E-state index contributed by atoms with van der Waals surface area (Å²) in [5.41, 5.74) is 1.57. The molecule has 5 heteroatoms. The fraction of sp³-hybridized carbons (Fsp3) is 0.176. The summed E-state index contributed by atoms with van der Waals surface area (Å²) in [7, 11) is 0. The first-order valence-electron chi connectivity index (χ1n) is 6.97. The van der Waals surface area contributed by atoms with E-state index in [1.54, 1.807) is 17.8 Å². The minimum absolute atomic E-state index is 0.0639. The van der Waals surface area contributed by atoms with Gasteiger partial charge in [-0.15, -0.1) is 11.8 Å². The number of rotatable bonds is 3. The summed E-state index contributed by atoms with van der Waals surface area (Å²) in [4.78, 5) is 25.2. The molecule has 4 nitrogen and oxygen atoms in total. The van der Waals surface area contributed by atoms with Gasteiger partial charge in [-0.3, -0.25) is 4.79 Å². The normalized spacial score (nSPS) is 16.7. The standard InChI is InChI=1S/C17H15NO3S/c19-16-13-8-4-5-9-15(13)22-11-14(16)18-17(20)21-10-12-6-2-1-3-7-12/h1-9,14H,10-11H2,(H,18,20). The van der Waals surface area contributed by atoms with E-state index in [1.807, 2.05) is 48.5 Å². The molecule has 0 fully saturated rings. The lowest BCUT2D eigenvalue weighted by molar-refractivity contribution is 0.0924. The third-order valence-electron chi connectivity index (χ3n) is 3.38. The van der Waals surface area contributed by atoms with Crippen molar-refractivity contribution in [2.75, 3.05) is 5.75 Å². The van der Waals surface area contributed by atoms with Gasteiger partial charge < -0.3 is 10.1 Å². The predicted octanol–water partition coefficient (Wildman–Crippen LogP) is 3.27. The molecule has 2 aromatic rings. The Labute approximate surface area is 132 Å². The van der Waals surface area contributed by atoms with Gasteiger partial charge in [-0.2, -0.15) is 0 Å². The fourth-order valence-electron chi connectivity index (χ4n) is 2.25. The molecule has 0 aliphatic carbocycles. The Balaban J connectivity index is 1.57. The summed E-state index contributed by atoms with van der Waals surface area (Å²) in [6, 6.07) is 16.3. The van der Waals surface area contributed by atoms with Crippen molar-refractivity contribution in [2.24, 2.45) is 0 Å². The molecule has 1 unspecified atom stereocenters. The van der Waals surface area contributed by atoms with E-state index in [0.29, 0.717) is 11.3 Å². The second-order valence-corrected chi connectivity index (χ2v) is 5.99. The molecule has 1 amide bonds. The number of ether oxygens (including phenoxy) is 1. The highest BCUT2D eigenvalue weighted by atomic mass is 32.2. The molecule has 1 N–H and O–H groups in total. The number of Topliss-reactive ketones (excluding diaryl/α,β-unsaturated/α-hetero) is 1. The molecule has 0 saturated carbocycles. The molecule has 3 rings (SSSR count). The van der Waals surface area contributed by atoms with Crippen LogP contribution in [0.15, 0.2) is 59.5 Å². The number of hydrogen-bond acceptors (Lipinski definition) is 4. The van der Waals surface area contributed by atoms with Crippen molar-refractivity contribution in [3.63, 3.8) is 0 Å². The summed E-state index contributed by atoms with van der Waals surface area (Å²) in [5.74, 6) is 0.460. The monoisotopic (exact) mass is 313 g/mol. The van der Waals surface area contributed by atoms with Gasteiger partial charge in [0.05, 0.1) is 0 Å². The van der Waals surface area contributed by atoms with E-state index >= 15 is 0 Å².